The molecule has 0 saturated carbocycles. The fourth-order valence-corrected chi connectivity index (χ4v) is 3.88. The fraction of sp³-hybridized carbons (Fsp3) is 0.353. The first-order chi connectivity index (χ1) is 12.2. The first kappa shape index (κ1) is 16.7. The number of aromatic amines is 1. The molecule has 1 fully saturated rings. The molecule has 1 N–H and O–H groups in total. The van der Waals surface area contributed by atoms with E-state index in [0.29, 0.717) is 15.2 Å². The Morgan fingerprint density at radius 1 is 1.32 bits per heavy atom. The van der Waals surface area contributed by atoms with E-state index in [0.717, 1.165) is 19.6 Å². The van der Waals surface area contributed by atoms with Crippen molar-refractivity contribution >= 4 is 28.1 Å². The summed E-state index contributed by atoms with van der Waals surface area (Å²) in [6.07, 6.45) is 1.53. The molecule has 1 aliphatic heterocycles. The minimum Gasteiger partial charge on any atom is -0.379 e. The number of likely N-dealkylation sites (tertiary alicyclic amines) is 1. The van der Waals surface area contributed by atoms with E-state index in [-0.39, 0.29) is 17.6 Å². The smallest absolute Gasteiger partial charge is 0.276 e. The van der Waals surface area contributed by atoms with E-state index in [1.807, 2.05) is 18.2 Å². The van der Waals surface area contributed by atoms with Crippen LogP contribution in [0.25, 0.3) is 5.52 Å². The molecule has 2 unspecified atom stereocenters. The molecule has 0 amide bonds. The lowest BCUT2D eigenvalue weighted by Crippen LogP contribution is -2.25. The van der Waals surface area contributed by atoms with Crippen molar-refractivity contribution in [2.45, 2.75) is 18.6 Å². The Balaban J connectivity index is 1.63. The maximum atomic E-state index is 12.3. The van der Waals surface area contributed by atoms with Crippen LogP contribution in [-0.2, 0) is 11.3 Å². The van der Waals surface area contributed by atoms with E-state index in [1.54, 1.807) is 17.8 Å². The largest absolute Gasteiger partial charge is 0.379 e. The highest BCUT2D eigenvalue weighted by molar-refractivity contribution is 14.1. The summed E-state index contributed by atoms with van der Waals surface area (Å²) in [5.74, 6) is 0.667. The number of fused-ring (bicyclic) bond motifs is 1. The highest BCUT2D eigenvalue weighted by Crippen LogP contribution is 2.28. The van der Waals surface area contributed by atoms with Crippen LogP contribution in [0.2, 0.25) is 0 Å². The molecule has 8 heteroatoms. The SMILES string of the molecule is COC1CN(Cc2ccccc2)CC1c1nn2c(I)ncc2c(=O)[nH]1. The van der Waals surface area contributed by atoms with E-state index in [9.17, 15) is 4.79 Å². The topological polar surface area (TPSA) is 75.5 Å². The molecule has 3 heterocycles. The number of nitrogens with one attached hydrogen (secondary N) is 1. The maximum absolute atomic E-state index is 12.3. The zero-order valence-electron chi connectivity index (χ0n) is 13.7. The standard InChI is InChI=1S/C17H18IN5O2/c1-25-14-10-22(8-11-5-3-2-4-6-11)9-12(14)15-20-16(24)13-7-19-17(18)23(13)21-15/h2-7,12,14H,8-10H2,1H3,(H,20,21,24). The Hall–Kier alpha value is -1.78. The average Bonchev–Trinajstić information content (AvgIpc) is 3.20. The number of hydrogen-bond donors (Lipinski definition) is 1. The van der Waals surface area contributed by atoms with Gasteiger partial charge in [0.1, 0.15) is 5.82 Å². The first-order valence-electron chi connectivity index (χ1n) is 8.08. The molecule has 0 radical (unpaired) electrons. The Bertz CT molecular complexity index is 939. The van der Waals surface area contributed by atoms with Crippen LogP contribution in [0.5, 0.6) is 0 Å². The van der Waals surface area contributed by atoms with Gasteiger partial charge in [-0.25, -0.2) is 9.50 Å². The van der Waals surface area contributed by atoms with Gasteiger partial charge in [-0.15, -0.1) is 0 Å². The summed E-state index contributed by atoms with van der Waals surface area (Å²) in [5, 5.41) is 4.60. The monoisotopic (exact) mass is 451 g/mol. The summed E-state index contributed by atoms with van der Waals surface area (Å²) in [6.45, 7) is 2.44. The van der Waals surface area contributed by atoms with Gasteiger partial charge in [0.25, 0.3) is 5.56 Å². The Labute approximate surface area is 158 Å². The average molecular weight is 451 g/mol. The third kappa shape index (κ3) is 3.21. The van der Waals surface area contributed by atoms with Crippen LogP contribution < -0.4 is 5.56 Å². The van der Waals surface area contributed by atoms with Crippen molar-refractivity contribution in [1.29, 1.82) is 0 Å². The van der Waals surface area contributed by atoms with Crippen molar-refractivity contribution < 1.29 is 4.74 Å². The number of imidazole rings is 1. The van der Waals surface area contributed by atoms with Gasteiger partial charge in [0.05, 0.1) is 18.2 Å². The van der Waals surface area contributed by atoms with E-state index in [4.69, 9.17) is 4.74 Å². The molecule has 7 nitrogen and oxygen atoms in total. The van der Waals surface area contributed by atoms with Crippen LogP contribution in [0.15, 0.2) is 41.3 Å². The minimum absolute atomic E-state index is 0.00880. The molecule has 3 aromatic rings. The van der Waals surface area contributed by atoms with Crippen molar-refractivity contribution in [3.05, 3.63) is 62.1 Å². The molecule has 0 bridgehead atoms. The zero-order valence-corrected chi connectivity index (χ0v) is 15.9. The Morgan fingerprint density at radius 2 is 2.12 bits per heavy atom. The molecule has 0 spiro atoms. The van der Waals surface area contributed by atoms with E-state index in [2.05, 4.69) is 54.7 Å². The quantitative estimate of drug-likeness (QED) is 0.611. The maximum Gasteiger partial charge on any atom is 0.276 e. The molecule has 1 saturated heterocycles. The van der Waals surface area contributed by atoms with Crippen LogP contribution in [0.1, 0.15) is 17.3 Å². The third-order valence-corrected chi connectivity index (χ3v) is 5.36. The molecule has 2 aromatic heterocycles. The lowest BCUT2D eigenvalue weighted by Gasteiger charge is -2.15. The van der Waals surface area contributed by atoms with E-state index < -0.39 is 0 Å². The second-order valence-electron chi connectivity index (χ2n) is 6.22. The zero-order chi connectivity index (χ0) is 17.4. The molecular weight excluding hydrogens is 433 g/mol. The third-order valence-electron chi connectivity index (χ3n) is 4.62. The number of hydrogen-bond acceptors (Lipinski definition) is 5. The predicted molar refractivity (Wildman–Crippen MR) is 102 cm³/mol. The summed E-state index contributed by atoms with van der Waals surface area (Å²) in [5.41, 5.74) is 1.55. The lowest BCUT2D eigenvalue weighted by molar-refractivity contribution is 0.0945. The van der Waals surface area contributed by atoms with Gasteiger partial charge in [-0.1, -0.05) is 30.3 Å². The van der Waals surface area contributed by atoms with Crippen LogP contribution in [-0.4, -0.2) is 50.8 Å². The van der Waals surface area contributed by atoms with Gasteiger partial charge < -0.3 is 9.72 Å². The highest BCUT2D eigenvalue weighted by atomic mass is 127. The van der Waals surface area contributed by atoms with Gasteiger partial charge >= 0.3 is 0 Å². The summed E-state index contributed by atoms with van der Waals surface area (Å²) in [7, 11) is 1.71. The number of halogens is 1. The second kappa shape index (κ2) is 6.85. The van der Waals surface area contributed by atoms with Gasteiger partial charge in [0.2, 0.25) is 0 Å². The predicted octanol–water partition coefficient (Wildman–Crippen LogP) is 1.64. The van der Waals surface area contributed by atoms with Crippen LogP contribution >= 0.6 is 22.6 Å². The number of rotatable bonds is 4. The number of benzene rings is 1. The van der Waals surface area contributed by atoms with E-state index >= 15 is 0 Å². The molecule has 130 valence electrons. The number of nitrogens with zero attached hydrogens (tertiary/aromatic N) is 4. The minimum atomic E-state index is -0.170. The molecule has 4 rings (SSSR count). The van der Waals surface area contributed by atoms with Crippen LogP contribution in [0.3, 0.4) is 0 Å². The van der Waals surface area contributed by atoms with E-state index in [1.165, 1.54) is 5.56 Å². The number of aromatic nitrogens is 4. The molecule has 1 aliphatic rings. The highest BCUT2D eigenvalue weighted by Gasteiger charge is 2.36. The molecule has 2 atom stereocenters. The van der Waals surface area contributed by atoms with Gasteiger partial charge in [-0.3, -0.25) is 9.69 Å². The van der Waals surface area contributed by atoms with Crippen molar-refractivity contribution in [3.8, 4) is 0 Å². The second-order valence-corrected chi connectivity index (χ2v) is 7.19. The summed E-state index contributed by atoms with van der Waals surface area (Å²) in [6, 6.07) is 10.4. The van der Waals surface area contributed by atoms with Crippen molar-refractivity contribution in [3.63, 3.8) is 0 Å². The van der Waals surface area contributed by atoms with Crippen LogP contribution in [0, 0.1) is 3.83 Å². The number of ether oxygens (including phenoxy) is 1. The molecule has 0 aliphatic carbocycles. The summed E-state index contributed by atoms with van der Waals surface area (Å²) >= 11 is 2.08. The van der Waals surface area contributed by atoms with Crippen LogP contribution in [0.4, 0.5) is 0 Å². The van der Waals surface area contributed by atoms with Crippen molar-refractivity contribution in [2.24, 2.45) is 0 Å². The summed E-state index contributed by atoms with van der Waals surface area (Å²) in [4.78, 5) is 21.7. The van der Waals surface area contributed by atoms with Gasteiger partial charge in [-0.2, -0.15) is 5.10 Å². The van der Waals surface area contributed by atoms with Crippen molar-refractivity contribution in [1.82, 2.24) is 24.5 Å². The van der Waals surface area contributed by atoms with Gasteiger partial charge in [-0.05, 0) is 5.56 Å². The molecule has 1 aromatic carbocycles. The fourth-order valence-electron chi connectivity index (χ4n) is 3.38. The molecule has 25 heavy (non-hydrogen) atoms. The number of H-pyrrole nitrogens is 1. The normalized spacial score (nSPS) is 21.2. The summed E-state index contributed by atoms with van der Waals surface area (Å²) < 4.78 is 7.95. The Morgan fingerprint density at radius 3 is 2.88 bits per heavy atom. The van der Waals surface area contributed by atoms with Crippen molar-refractivity contribution in [2.75, 3.05) is 20.2 Å². The number of methoxy groups -OCH3 is 1. The first-order valence-corrected chi connectivity index (χ1v) is 9.16. The van der Waals surface area contributed by atoms with Gasteiger partial charge in [0, 0.05) is 49.3 Å². The Kier molecular flexibility index (Phi) is 4.57. The molecular formula is C17H18IN5O2. The lowest BCUT2D eigenvalue weighted by atomic mass is 10.1. The van der Waals surface area contributed by atoms with Gasteiger partial charge in [0.15, 0.2) is 9.35 Å².